The summed E-state index contributed by atoms with van der Waals surface area (Å²) < 4.78 is 23.4. The van der Waals surface area contributed by atoms with Crippen LogP contribution in [0.3, 0.4) is 0 Å². The fourth-order valence-electron chi connectivity index (χ4n) is 2.37. The molecule has 0 saturated carbocycles. The quantitative estimate of drug-likeness (QED) is 0.768. The number of carbonyl (C=O) groups is 2. The summed E-state index contributed by atoms with van der Waals surface area (Å²) in [5.41, 5.74) is -0.478. The van der Waals surface area contributed by atoms with Gasteiger partial charge in [0, 0.05) is 26.2 Å². The van der Waals surface area contributed by atoms with Crippen LogP contribution in [0, 0.1) is 5.82 Å². The highest BCUT2D eigenvalue weighted by molar-refractivity contribution is 5.94. The number of piperazine rings is 1. The van der Waals surface area contributed by atoms with Crippen LogP contribution in [0.15, 0.2) is 12.3 Å². The monoisotopic (exact) mass is 339 g/mol. The molecule has 1 aromatic heterocycles. The Morgan fingerprint density at radius 3 is 2.38 bits per heavy atom. The van der Waals surface area contributed by atoms with Gasteiger partial charge in [0.15, 0.2) is 0 Å². The second-order valence-electron chi connectivity index (χ2n) is 6.47. The van der Waals surface area contributed by atoms with Crippen molar-refractivity contribution >= 4 is 17.9 Å². The summed E-state index contributed by atoms with van der Waals surface area (Å²) in [6.45, 7) is 7.21. The predicted octanol–water partition coefficient (Wildman–Crippen LogP) is 2.06. The third-order valence-corrected chi connectivity index (χ3v) is 3.47. The average molecular weight is 339 g/mol. The third kappa shape index (κ3) is 4.33. The first-order chi connectivity index (χ1) is 11.2. The number of anilines is 1. The number of hydrogen-bond acceptors (Lipinski definition) is 6. The van der Waals surface area contributed by atoms with Gasteiger partial charge in [-0.15, -0.1) is 0 Å². The van der Waals surface area contributed by atoms with Gasteiger partial charge < -0.3 is 19.3 Å². The van der Waals surface area contributed by atoms with Crippen LogP contribution in [-0.2, 0) is 9.47 Å². The second kappa shape index (κ2) is 7.02. The van der Waals surface area contributed by atoms with Crippen LogP contribution in [0.2, 0.25) is 0 Å². The summed E-state index contributed by atoms with van der Waals surface area (Å²) in [5, 5.41) is 0. The molecule has 0 bridgehead atoms. The van der Waals surface area contributed by atoms with Crippen LogP contribution < -0.4 is 4.90 Å². The lowest BCUT2D eigenvalue weighted by atomic mass is 10.2. The fraction of sp³-hybridized carbons (Fsp3) is 0.562. The minimum atomic E-state index is -0.647. The van der Waals surface area contributed by atoms with E-state index < -0.39 is 17.4 Å². The Morgan fingerprint density at radius 1 is 1.21 bits per heavy atom. The zero-order chi connectivity index (χ0) is 17.9. The lowest BCUT2D eigenvalue weighted by Crippen LogP contribution is -2.50. The number of ether oxygens (including phenoxy) is 2. The maximum absolute atomic E-state index is 13.4. The standard InChI is InChI=1S/C16H22FN3O4/c1-16(2,3)24-15(22)20-7-5-19(6-8-20)13-12(14(21)23-4)9-11(17)10-18-13/h9-10H,5-8H2,1-4H3. The van der Waals surface area contributed by atoms with Crippen LogP contribution in [0.1, 0.15) is 31.1 Å². The Morgan fingerprint density at radius 2 is 1.83 bits per heavy atom. The van der Waals surface area contributed by atoms with Gasteiger partial charge in [0.2, 0.25) is 0 Å². The highest BCUT2D eigenvalue weighted by atomic mass is 19.1. The molecule has 1 fully saturated rings. The third-order valence-electron chi connectivity index (χ3n) is 3.47. The summed E-state index contributed by atoms with van der Waals surface area (Å²) in [6, 6.07) is 1.11. The maximum Gasteiger partial charge on any atom is 0.410 e. The summed E-state index contributed by atoms with van der Waals surface area (Å²) in [7, 11) is 1.23. The Hall–Kier alpha value is -2.38. The zero-order valence-corrected chi connectivity index (χ0v) is 14.3. The minimum Gasteiger partial charge on any atom is -0.465 e. The van der Waals surface area contributed by atoms with E-state index >= 15 is 0 Å². The summed E-state index contributed by atoms with van der Waals surface area (Å²) in [5.74, 6) is -0.898. The molecule has 1 aromatic rings. The molecule has 0 spiro atoms. The molecule has 0 unspecified atom stereocenters. The number of pyridine rings is 1. The van der Waals surface area contributed by atoms with E-state index in [4.69, 9.17) is 4.74 Å². The van der Waals surface area contributed by atoms with Crippen molar-refractivity contribution in [3.8, 4) is 0 Å². The largest absolute Gasteiger partial charge is 0.465 e. The van der Waals surface area contributed by atoms with Crippen molar-refractivity contribution in [1.29, 1.82) is 0 Å². The molecule has 1 aliphatic heterocycles. The molecule has 0 aromatic carbocycles. The van der Waals surface area contributed by atoms with Crippen LogP contribution in [0.4, 0.5) is 15.0 Å². The molecule has 1 saturated heterocycles. The highest BCUT2D eigenvalue weighted by Gasteiger charge is 2.28. The number of amides is 1. The van der Waals surface area contributed by atoms with Gasteiger partial charge in [0.1, 0.15) is 22.8 Å². The van der Waals surface area contributed by atoms with E-state index in [-0.39, 0.29) is 11.7 Å². The van der Waals surface area contributed by atoms with E-state index in [1.807, 2.05) is 25.7 Å². The Kier molecular flexibility index (Phi) is 5.26. The first kappa shape index (κ1) is 18.0. The maximum atomic E-state index is 13.4. The average Bonchev–Trinajstić information content (AvgIpc) is 2.52. The molecule has 0 N–H and O–H groups in total. The Balaban J connectivity index is 2.07. The number of methoxy groups -OCH3 is 1. The lowest BCUT2D eigenvalue weighted by molar-refractivity contribution is 0.0239. The molecule has 2 rings (SSSR count). The van der Waals surface area contributed by atoms with Crippen molar-refractivity contribution in [2.75, 3.05) is 38.2 Å². The van der Waals surface area contributed by atoms with E-state index in [0.717, 1.165) is 12.3 Å². The molecule has 0 aliphatic carbocycles. The van der Waals surface area contributed by atoms with Crippen molar-refractivity contribution in [2.24, 2.45) is 0 Å². The number of halogens is 1. The van der Waals surface area contributed by atoms with E-state index in [2.05, 4.69) is 9.72 Å². The number of hydrogen-bond donors (Lipinski definition) is 0. The summed E-state index contributed by atoms with van der Waals surface area (Å²) >= 11 is 0. The molecule has 132 valence electrons. The number of carbonyl (C=O) groups excluding carboxylic acids is 2. The fourth-order valence-corrected chi connectivity index (χ4v) is 2.37. The summed E-state index contributed by atoms with van der Waals surface area (Å²) in [4.78, 5) is 31.3. The molecule has 0 radical (unpaired) electrons. The first-order valence-corrected chi connectivity index (χ1v) is 7.68. The van der Waals surface area contributed by atoms with E-state index in [1.54, 1.807) is 4.90 Å². The van der Waals surface area contributed by atoms with Gasteiger partial charge in [-0.05, 0) is 26.8 Å². The second-order valence-corrected chi connectivity index (χ2v) is 6.47. The van der Waals surface area contributed by atoms with E-state index in [1.165, 1.54) is 7.11 Å². The molecular formula is C16H22FN3O4. The first-order valence-electron chi connectivity index (χ1n) is 7.68. The van der Waals surface area contributed by atoms with Crippen molar-refractivity contribution in [1.82, 2.24) is 9.88 Å². The SMILES string of the molecule is COC(=O)c1cc(F)cnc1N1CCN(C(=O)OC(C)(C)C)CC1. The predicted molar refractivity (Wildman–Crippen MR) is 85.6 cm³/mol. The van der Waals surface area contributed by atoms with Gasteiger partial charge in [-0.2, -0.15) is 0 Å². The van der Waals surface area contributed by atoms with Crippen molar-refractivity contribution in [2.45, 2.75) is 26.4 Å². The molecular weight excluding hydrogens is 317 g/mol. The Labute approximate surface area is 140 Å². The van der Waals surface area contributed by atoms with Crippen LogP contribution in [0.5, 0.6) is 0 Å². The van der Waals surface area contributed by atoms with Crippen molar-refractivity contribution < 1.29 is 23.5 Å². The van der Waals surface area contributed by atoms with Crippen LogP contribution >= 0.6 is 0 Å². The molecule has 24 heavy (non-hydrogen) atoms. The van der Waals surface area contributed by atoms with E-state index in [0.29, 0.717) is 32.0 Å². The van der Waals surface area contributed by atoms with Gasteiger partial charge in [0.05, 0.1) is 13.3 Å². The number of rotatable bonds is 2. The number of aromatic nitrogens is 1. The van der Waals surface area contributed by atoms with Crippen molar-refractivity contribution in [3.05, 3.63) is 23.6 Å². The van der Waals surface area contributed by atoms with Gasteiger partial charge in [-0.25, -0.2) is 19.0 Å². The van der Waals surface area contributed by atoms with Crippen molar-refractivity contribution in [3.63, 3.8) is 0 Å². The minimum absolute atomic E-state index is 0.0724. The van der Waals surface area contributed by atoms with E-state index in [9.17, 15) is 14.0 Å². The van der Waals surface area contributed by atoms with Gasteiger partial charge in [-0.3, -0.25) is 0 Å². The summed E-state index contributed by atoms with van der Waals surface area (Å²) in [6.07, 6.45) is 0.685. The van der Waals surface area contributed by atoms with Crippen LogP contribution in [-0.4, -0.2) is 60.8 Å². The van der Waals surface area contributed by atoms with Gasteiger partial charge >= 0.3 is 12.1 Å². The smallest absolute Gasteiger partial charge is 0.410 e. The highest BCUT2D eigenvalue weighted by Crippen LogP contribution is 2.21. The topological polar surface area (TPSA) is 72.0 Å². The molecule has 2 heterocycles. The van der Waals surface area contributed by atoms with Crippen LogP contribution in [0.25, 0.3) is 0 Å². The van der Waals surface area contributed by atoms with Gasteiger partial charge in [0.25, 0.3) is 0 Å². The number of esters is 1. The molecule has 1 amide bonds. The van der Waals surface area contributed by atoms with Gasteiger partial charge in [-0.1, -0.05) is 0 Å². The molecule has 8 heteroatoms. The number of nitrogens with zero attached hydrogens (tertiary/aromatic N) is 3. The lowest BCUT2D eigenvalue weighted by Gasteiger charge is -2.36. The normalized spacial score (nSPS) is 15.2. The molecule has 1 aliphatic rings. The zero-order valence-electron chi connectivity index (χ0n) is 14.3. The molecule has 0 atom stereocenters. The Bertz CT molecular complexity index is 622. The molecule has 7 nitrogen and oxygen atoms in total.